The lowest BCUT2D eigenvalue weighted by Crippen LogP contribution is -2.46. The highest BCUT2D eigenvalue weighted by Gasteiger charge is 2.40. The Morgan fingerprint density at radius 3 is 2.60 bits per heavy atom. The molecule has 1 aliphatic carbocycles. The molecule has 114 valence electrons. The predicted molar refractivity (Wildman–Crippen MR) is 76.4 cm³/mol. The zero-order valence-electron chi connectivity index (χ0n) is 12.2. The quantitative estimate of drug-likeness (QED) is 0.528. The van der Waals surface area contributed by atoms with Crippen molar-refractivity contribution in [3.05, 3.63) is 12.7 Å². The number of carboxylic acid groups (broad SMARTS) is 1. The largest absolute Gasteiger partial charge is 0.481 e. The Labute approximate surface area is 120 Å². The number of carbonyl (C=O) groups is 2. The van der Waals surface area contributed by atoms with Crippen molar-refractivity contribution in [1.82, 2.24) is 5.32 Å². The standard InChI is InChI=1S/C15H25NO4/c1-3-4-10-20-12(2)13(17)16-11-15(14(18)19)8-6-5-7-9-15/h3,12H,1,4-11H2,2H3,(H,16,17)(H,18,19). The number of carbonyl (C=O) groups excluding carboxylic acids is 1. The number of hydrogen-bond donors (Lipinski definition) is 2. The van der Waals surface area contributed by atoms with Crippen molar-refractivity contribution in [2.24, 2.45) is 5.41 Å². The van der Waals surface area contributed by atoms with Crippen LogP contribution in [0.5, 0.6) is 0 Å². The fourth-order valence-electron chi connectivity index (χ4n) is 2.50. The third kappa shape index (κ3) is 4.63. The second-order valence-electron chi connectivity index (χ2n) is 5.45. The van der Waals surface area contributed by atoms with E-state index in [4.69, 9.17) is 4.74 Å². The number of nitrogens with one attached hydrogen (secondary N) is 1. The summed E-state index contributed by atoms with van der Waals surface area (Å²) in [6.07, 6.45) is 6.01. The van der Waals surface area contributed by atoms with Gasteiger partial charge < -0.3 is 15.2 Å². The highest BCUT2D eigenvalue weighted by atomic mass is 16.5. The van der Waals surface area contributed by atoms with E-state index in [1.807, 2.05) is 0 Å². The van der Waals surface area contributed by atoms with E-state index < -0.39 is 17.5 Å². The molecule has 1 atom stereocenters. The maximum atomic E-state index is 11.9. The number of ether oxygens (including phenoxy) is 1. The van der Waals surface area contributed by atoms with Gasteiger partial charge in [0.15, 0.2) is 0 Å². The van der Waals surface area contributed by atoms with E-state index in [1.54, 1.807) is 13.0 Å². The molecule has 5 nitrogen and oxygen atoms in total. The predicted octanol–water partition coefficient (Wildman–Crippen LogP) is 2.12. The van der Waals surface area contributed by atoms with Crippen molar-refractivity contribution in [3.63, 3.8) is 0 Å². The van der Waals surface area contributed by atoms with Gasteiger partial charge in [-0.2, -0.15) is 0 Å². The van der Waals surface area contributed by atoms with Gasteiger partial charge in [0.1, 0.15) is 6.10 Å². The van der Waals surface area contributed by atoms with E-state index in [0.29, 0.717) is 25.9 Å². The molecule has 0 spiro atoms. The van der Waals surface area contributed by atoms with Crippen molar-refractivity contribution in [2.45, 2.75) is 51.6 Å². The molecule has 0 saturated heterocycles. The maximum Gasteiger partial charge on any atom is 0.311 e. The van der Waals surface area contributed by atoms with Gasteiger partial charge in [-0.25, -0.2) is 0 Å². The fourth-order valence-corrected chi connectivity index (χ4v) is 2.50. The molecule has 2 N–H and O–H groups in total. The van der Waals surface area contributed by atoms with Crippen LogP contribution in [0, 0.1) is 5.41 Å². The van der Waals surface area contributed by atoms with Gasteiger partial charge in [0, 0.05) is 6.54 Å². The van der Waals surface area contributed by atoms with Gasteiger partial charge in [-0.3, -0.25) is 9.59 Å². The van der Waals surface area contributed by atoms with Gasteiger partial charge >= 0.3 is 5.97 Å². The lowest BCUT2D eigenvalue weighted by Gasteiger charge is -2.33. The summed E-state index contributed by atoms with van der Waals surface area (Å²) in [6, 6.07) is 0. The van der Waals surface area contributed by atoms with Crippen LogP contribution in [0.4, 0.5) is 0 Å². The zero-order valence-corrected chi connectivity index (χ0v) is 12.2. The molecule has 0 heterocycles. The smallest absolute Gasteiger partial charge is 0.311 e. The molecular weight excluding hydrogens is 258 g/mol. The maximum absolute atomic E-state index is 11.9. The summed E-state index contributed by atoms with van der Waals surface area (Å²) in [7, 11) is 0. The topological polar surface area (TPSA) is 75.6 Å². The Kier molecular flexibility index (Phi) is 6.71. The Morgan fingerprint density at radius 1 is 1.40 bits per heavy atom. The van der Waals surface area contributed by atoms with Gasteiger partial charge in [0.05, 0.1) is 12.0 Å². The average Bonchev–Trinajstić information content (AvgIpc) is 2.45. The van der Waals surface area contributed by atoms with Crippen LogP contribution in [0.25, 0.3) is 0 Å². The zero-order chi connectivity index (χ0) is 15.0. The summed E-state index contributed by atoms with van der Waals surface area (Å²) in [5, 5.41) is 12.2. The number of amides is 1. The lowest BCUT2D eigenvalue weighted by atomic mass is 9.74. The van der Waals surface area contributed by atoms with Crippen LogP contribution in [0.15, 0.2) is 12.7 Å². The Bertz CT molecular complexity index is 348. The van der Waals surface area contributed by atoms with Crippen LogP contribution in [0.1, 0.15) is 45.4 Å². The molecule has 1 unspecified atom stereocenters. The van der Waals surface area contributed by atoms with E-state index in [1.165, 1.54) is 0 Å². The average molecular weight is 283 g/mol. The van der Waals surface area contributed by atoms with E-state index >= 15 is 0 Å². The molecule has 1 amide bonds. The van der Waals surface area contributed by atoms with Crippen LogP contribution in [0.2, 0.25) is 0 Å². The normalized spacial score (nSPS) is 19.1. The molecule has 0 bridgehead atoms. The van der Waals surface area contributed by atoms with Crippen LogP contribution in [0.3, 0.4) is 0 Å². The van der Waals surface area contributed by atoms with Crippen LogP contribution >= 0.6 is 0 Å². The summed E-state index contributed by atoms with van der Waals surface area (Å²) in [6.45, 7) is 5.89. The third-order valence-corrected chi connectivity index (χ3v) is 3.92. The summed E-state index contributed by atoms with van der Waals surface area (Å²) >= 11 is 0. The van der Waals surface area contributed by atoms with Crippen molar-refractivity contribution in [2.75, 3.05) is 13.2 Å². The molecule has 20 heavy (non-hydrogen) atoms. The Balaban J connectivity index is 2.44. The molecule has 0 aliphatic heterocycles. The number of carboxylic acids is 1. The molecule has 1 aliphatic rings. The molecule has 1 fully saturated rings. The lowest BCUT2D eigenvalue weighted by molar-refractivity contribution is -0.151. The van der Waals surface area contributed by atoms with Crippen molar-refractivity contribution >= 4 is 11.9 Å². The first-order valence-electron chi connectivity index (χ1n) is 7.25. The van der Waals surface area contributed by atoms with E-state index in [9.17, 15) is 14.7 Å². The molecular formula is C15H25NO4. The minimum Gasteiger partial charge on any atom is -0.481 e. The molecule has 0 aromatic rings. The first kappa shape index (κ1) is 16.7. The third-order valence-electron chi connectivity index (χ3n) is 3.92. The molecule has 1 rings (SSSR count). The van der Waals surface area contributed by atoms with E-state index in [2.05, 4.69) is 11.9 Å². The van der Waals surface area contributed by atoms with E-state index in [0.717, 1.165) is 19.3 Å². The van der Waals surface area contributed by atoms with E-state index in [-0.39, 0.29) is 12.5 Å². The molecule has 5 heteroatoms. The molecule has 0 aromatic carbocycles. The molecule has 0 radical (unpaired) electrons. The van der Waals surface area contributed by atoms with Gasteiger partial charge in [0.25, 0.3) is 0 Å². The highest BCUT2D eigenvalue weighted by molar-refractivity contribution is 5.82. The minimum atomic E-state index is -0.808. The second-order valence-corrected chi connectivity index (χ2v) is 5.45. The number of hydrogen-bond acceptors (Lipinski definition) is 3. The SMILES string of the molecule is C=CCCOC(C)C(=O)NCC1(C(=O)O)CCCCC1. The van der Waals surface area contributed by atoms with Gasteiger partial charge in [-0.1, -0.05) is 25.3 Å². The highest BCUT2D eigenvalue weighted by Crippen LogP contribution is 2.36. The second kappa shape index (κ2) is 8.04. The Hall–Kier alpha value is -1.36. The van der Waals surface area contributed by atoms with Crippen molar-refractivity contribution in [1.29, 1.82) is 0 Å². The number of rotatable bonds is 8. The molecule has 1 saturated carbocycles. The summed E-state index contributed by atoms with van der Waals surface area (Å²) in [5.74, 6) is -1.06. The van der Waals surface area contributed by atoms with Crippen molar-refractivity contribution < 1.29 is 19.4 Å². The van der Waals surface area contributed by atoms with Crippen LogP contribution in [-0.2, 0) is 14.3 Å². The monoisotopic (exact) mass is 283 g/mol. The van der Waals surface area contributed by atoms with Crippen LogP contribution in [-0.4, -0.2) is 36.2 Å². The summed E-state index contributed by atoms with van der Waals surface area (Å²) in [5.41, 5.74) is -0.797. The van der Waals surface area contributed by atoms with Gasteiger partial charge in [-0.05, 0) is 26.2 Å². The first-order valence-corrected chi connectivity index (χ1v) is 7.25. The number of aliphatic carboxylic acids is 1. The van der Waals surface area contributed by atoms with Crippen LogP contribution < -0.4 is 5.32 Å². The summed E-state index contributed by atoms with van der Waals surface area (Å²) in [4.78, 5) is 23.4. The van der Waals surface area contributed by atoms with Gasteiger partial charge in [0.2, 0.25) is 5.91 Å². The first-order chi connectivity index (χ1) is 9.52. The Morgan fingerprint density at radius 2 is 2.05 bits per heavy atom. The van der Waals surface area contributed by atoms with Crippen molar-refractivity contribution in [3.8, 4) is 0 Å². The minimum absolute atomic E-state index is 0.191. The fraction of sp³-hybridized carbons (Fsp3) is 0.733. The molecule has 0 aromatic heterocycles. The van der Waals surface area contributed by atoms with Gasteiger partial charge in [-0.15, -0.1) is 6.58 Å². The summed E-state index contributed by atoms with van der Waals surface area (Å²) < 4.78 is 5.35.